The van der Waals surface area contributed by atoms with Crippen LogP contribution in [0.3, 0.4) is 0 Å². The highest BCUT2D eigenvalue weighted by Gasteiger charge is 2.63. The molecule has 8 amide bonds. The summed E-state index contributed by atoms with van der Waals surface area (Å²) in [4.78, 5) is 126. The van der Waals surface area contributed by atoms with Crippen LogP contribution in [-0.4, -0.2) is 104 Å². The Morgan fingerprint density at radius 1 is 1.00 bits per heavy atom. The van der Waals surface area contributed by atoms with Gasteiger partial charge >= 0.3 is 13.3 Å². The Labute approximate surface area is 412 Å². The fourth-order valence-electron chi connectivity index (χ4n) is 9.79. The van der Waals surface area contributed by atoms with E-state index < -0.39 is 78.4 Å². The summed E-state index contributed by atoms with van der Waals surface area (Å²) in [6.45, 7) is 4.64. The zero-order valence-electron chi connectivity index (χ0n) is 39.3. The number of halogens is 2. The second kappa shape index (κ2) is 22.1. The predicted molar refractivity (Wildman–Crippen MR) is 256 cm³/mol. The van der Waals surface area contributed by atoms with Gasteiger partial charge in [0.1, 0.15) is 24.2 Å². The molecule has 7 atom stereocenters. The van der Waals surface area contributed by atoms with E-state index in [0.717, 1.165) is 48.3 Å². The van der Waals surface area contributed by atoms with E-state index in [0.29, 0.717) is 41.5 Å². The van der Waals surface area contributed by atoms with E-state index in [9.17, 15) is 61.5 Å². The lowest BCUT2D eigenvalue weighted by molar-refractivity contribution is -0.142. The normalized spacial score (nSPS) is 21.4. The van der Waals surface area contributed by atoms with Gasteiger partial charge in [0.05, 0.1) is 4.88 Å². The number of benzene rings is 2. The molecule has 2 aromatic carbocycles. The molecule has 18 nitrogen and oxygen atoms in total. The van der Waals surface area contributed by atoms with Gasteiger partial charge in [0.25, 0.3) is 11.8 Å². The second-order valence-electron chi connectivity index (χ2n) is 18.7. The Morgan fingerprint density at radius 3 is 2.48 bits per heavy atom. The molecule has 3 fully saturated rings. The highest BCUT2D eigenvalue weighted by atomic mass is 32.1. The monoisotopic (exact) mass is 1020 g/mol. The van der Waals surface area contributed by atoms with E-state index in [-0.39, 0.29) is 91.6 Å². The fraction of sp³-hybridized carbons (Fsp3) is 0.510. The third-order valence-corrected chi connectivity index (χ3v) is 15.9. The molecule has 4 unspecified atom stereocenters. The van der Waals surface area contributed by atoms with Crippen LogP contribution in [0.15, 0.2) is 42.5 Å². The minimum Gasteiger partial charge on any atom is -0.370 e. The molecular weight excluding hydrogens is 964 g/mol. The zero-order chi connectivity index (χ0) is 51.4. The predicted octanol–water partition coefficient (Wildman–Crippen LogP) is 4.14. The molecule has 2 saturated heterocycles. The van der Waals surface area contributed by atoms with Crippen LogP contribution in [0.2, 0.25) is 0 Å². The number of primary amides is 1. The molecule has 8 N–H and O–H groups in total. The Kier molecular flexibility index (Phi) is 16.4. The molecule has 3 aliphatic heterocycles. The molecule has 1 aromatic heterocycles. The maximum absolute atomic E-state index is 14.5. The van der Waals surface area contributed by atoms with Crippen molar-refractivity contribution < 1.29 is 61.5 Å². The number of thiophene rings is 1. The number of nitrogens with one attached hydrogen (secondary N) is 4. The number of rotatable bonds is 21. The summed E-state index contributed by atoms with van der Waals surface area (Å²) >= 11 is 0.950. The number of amides is 8. The van der Waals surface area contributed by atoms with Crippen molar-refractivity contribution in [3.05, 3.63) is 69.6 Å². The van der Waals surface area contributed by atoms with E-state index in [2.05, 4.69) is 33.1 Å². The first-order chi connectivity index (χ1) is 33.7. The highest BCUT2D eigenvalue weighted by Crippen LogP contribution is 2.59. The van der Waals surface area contributed by atoms with Crippen molar-refractivity contribution in [2.45, 2.75) is 127 Å². The minimum atomic E-state index is -5.83. The van der Waals surface area contributed by atoms with E-state index >= 15 is 0 Å². The maximum atomic E-state index is 14.5. The summed E-state index contributed by atoms with van der Waals surface area (Å²) < 4.78 is 40.8. The lowest BCUT2D eigenvalue weighted by Gasteiger charge is -2.32. The van der Waals surface area contributed by atoms with Gasteiger partial charge in [-0.15, -0.1) is 11.3 Å². The van der Waals surface area contributed by atoms with Crippen LogP contribution in [0, 0.1) is 29.6 Å². The number of nitrogens with zero attached hydrogens (tertiary/aromatic N) is 2. The Bertz CT molecular complexity index is 2740. The lowest BCUT2D eigenvalue weighted by Crippen LogP contribution is -2.58. The van der Waals surface area contributed by atoms with E-state index in [1.165, 1.54) is 21.9 Å². The number of piperidine rings is 2. The van der Waals surface area contributed by atoms with Crippen molar-refractivity contribution in [3.8, 4) is 11.8 Å². The average molecular weight is 1020 g/mol. The Hall–Kier alpha value is -6.07. The van der Waals surface area contributed by atoms with Crippen LogP contribution in [0.5, 0.6) is 0 Å². The first-order valence-electron chi connectivity index (χ1n) is 23.9. The molecular formula is C49H58F2N7O11PS. The summed E-state index contributed by atoms with van der Waals surface area (Å²) in [5, 5.41) is 10.9. The molecule has 1 saturated carbocycles. The van der Waals surface area contributed by atoms with Crippen LogP contribution in [-0.2, 0) is 45.5 Å². The molecule has 4 heterocycles. The van der Waals surface area contributed by atoms with Gasteiger partial charge in [0.2, 0.25) is 35.4 Å². The van der Waals surface area contributed by atoms with Crippen molar-refractivity contribution in [1.29, 1.82) is 0 Å². The van der Waals surface area contributed by atoms with Crippen LogP contribution in [0.4, 0.5) is 8.78 Å². The van der Waals surface area contributed by atoms with Gasteiger partial charge in [0.15, 0.2) is 0 Å². The first-order valence-corrected chi connectivity index (χ1v) is 26.3. The van der Waals surface area contributed by atoms with Crippen LogP contribution >= 0.6 is 18.9 Å². The molecule has 0 bridgehead atoms. The topological polar surface area (TPSA) is 275 Å². The van der Waals surface area contributed by atoms with Gasteiger partial charge in [-0.1, -0.05) is 63.5 Å². The van der Waals surface area contributed by atoms with Gasteiger partial charge in [-0.05, 0) is 91.1 Å². The smallest absolute Gasteiger partial charge is 0.370 e. The van der Waals surface area contributed by atoms with Crippen molar-refractivity contribution in [2.75, 3.05) is 13.1 Å². The van der Waals surface area contributed by atoms with Crippen molar-refractivity contribution in [3.63, 3.8) is 0 Å². The number of nitrogens with two attached hydrogens (primary N) is 1. The van der Waals surface area contributed by atoms with Crippen LogP contribution in [0.1, 0.15) is 128 Å². The molecule has 1 aliphatic carbocycles. The van der Waals surface area contributed by atoms with Crippen molar-refractivity contribution in [1.82, 2.24) is 31.1 Å². The SMILES string of the molecule is CCCC[C@H](NC(=O)c1cc2cc(C(F)(F)P(=O)(O)O)ccc2s1)C(=O)N1CC2C(C)C2[C@@H]1C(=O)N[C@@H](CCC(N)=O)C(=O)NCCCCCCC#Cc1cccc2c1CN(C1CCC(=O)NC1=O)C2=O. The maximum Gasteiger partial charge on any atom is 0.399 e. The summed E-state index contributed by atoms with van der Waals surface area (Å²) in [5.74, 6) is 2.22. The number of hydrogen-bond donors (Lipinski definition) is 7. The molecule has 7 rings (SSSR count). The molecule has 71 heavy (non-hydrogen) atoms. The number of alkyl halides is 2. The third-order valence-electron chi connectivity index (χ3n) is 13.8. The largest absolute Gasteiger partial charge is 0.399 e. The number of carbonyl (C=O) groups is 8. The molecule has 380 valence electrons. The fourth-order valence-corrected chi connectivity index (χ4v) is 11.2. The van der Waals surface area contributed by atoms with Gasteiger partial charge in [-0.2, -0.15) is 8.78 Å². The zero-order valence-corrected chi connectivity index (χ0v) is 41.1. The van der Waals surface area contributed by atoms with E-state index in [4.69, 9.17) is 5.73 Å². The van der Waals surface area contributed by atoms with Gasteiger partial charge in [-0.25, -0.2) is 0 Å². The Morgan fingerprint density at radius 2 is 1.76 bits per heavy atom. The summed E-state index contributed by atoms with van der Waals surface area (Å²) in [6, 6.07) is 5.76. The minimum absolute atomic E-state index is 0.00622. The first kappa shape index (κ1) is 52.7. The molecule has 0 spiro atoms. The average Bonchev–Trinajstić information content (AvgIpc) is 3.68. The lowest BCUT2D eigenvalue weighted by atomic mass is 10.0. The van der Waals surface area contributed by atoms with Crippen LogP contribution < -0.4 is 27.0 Å². The summed E-state index contributed by atoms with van der Waals surface area (Å²) in [7, 11) is -5.83. The van der Waals surface area contributed by atoms with Crippen molar-refractivity contribution >= 4 is 76.3 Å². The van der Waals surface area contributed by atoms with Gasteiger partial charge < -0.3 is 41.3 Å². The Balaban J connectivity index is 0.910. The quantitative estimate of drug-likeness (QED) is 0.0345. The molecule has 22 heteroatoms. The third kappa shape index (κ3) is 11.8. The number of fused-ring (bicyclic) bond motifs is 3. The van der Waals surface area contributed by atoms with Crippen molar-refractivity contribution in [2.24, 2.45) is 23.5 Å². The molecule has 0 radical (unpaired) electrons. The number of hydrogen-bond acceptors (Lipinski definition) is 10. The standard InChI is InChI=1S/C49H58F2N7O11PS/c1-3-4-15-35(55-45(63)38-24-29-23-30(16-19-37(29)71-38)49(50,51)70(67,68)69)48(66)58-25-32-27(2)41(32)42(58)46(64)54-34(17-20-39(52)59)43(61)53-22-10-8-6-5-7-9-12-28-13-11-14-31-33(28)26-57(47(31)65)36-18-21-40(60)56-44(36)62/h11,13-14,16,19,23-24,27,32,34-36,41-42H,3-8,10,15,17-18,20-22,25-26H2,1-2H3,(H2,52,59)(H,53,61)(H,54,64)(H,55,63)(H,56,60,62)(H2,67,68,69)/t27?,32?,34-,35-,36?,41?,42+/m0/s1. The number of unbranched alkanes of at least 4 members (excludes halogenated alkanes) is 5. The second-order valence-corrected chi connectivity index (χ2v) is 21.4. The highest BCUT2D eigenvalue weighted by molar-refractivity contribution is 7.52. The number of likely N-dealkylation sites (tertiary alicyclic amines) is 1. The summed E-state index contributed by atoms with van der Waals surface area (Å²) in [5.41, 5.74) is 2.03. The van der Waals surface area contributed by atoms with Gasteiger partial charge in [-0.3, -0.25) is 48.2 Å². The number of carbonyl (C=O) groups excluding carboxylic acids is 8. The van der Waals surface area contributed by atoms with E-state index in [1.54, 1.807) is 12.1 Å². The number of imide groups is 1. The summed E-state index contributed by atoms with van der Waals surface area (Å²) in [6.07, 6.45) is 5.15. The van der Waals surface area contributed by atoms with Crippen LogP contribution in [0.25, 0.3) is 10.1 Å². The molecule has 3 aromatic rings. The van der Waals surface area contributed by atoms with Gasteiger partial charge in [0, 0.05) is 60.3 Å². The van der Waals surface area contributed by atoms with E-state index in [1.807, 2.05) is 19.9 Å². The molecule has 4 aliphatic rings.